The molecule has 132 valence electrons. The fourth-order valence-electron chi connectivity index (χ4n) is 4.17. The molecule has 0 amide bonds. The minimum atomic E-state index is -0.0458. The third-order valence-electron chi connectivity index (χ3n) is 5.27. The molecule has 2 heteroatoms. The Morgan fingerprint density at radius 3 is 1.78 bits per heavy atom. The van der Waals surface area contributed by atoms with Crippen LogP contribution in [0.1, 0.15) is 26.5 Å². The van der Waals surface area contributed by atoms with Crippen LogP contribution >= 0.6 is 0 Å². The van der Waals surface area contributed by atoms with Crippen molar-refractivity contribution in [3.63, 3.8) is 0 Å². The molecular weight excluding hydrogens is 328 g/mol. The van der Waals surface area contributed by atoms with E-state index in [0.717, 1.165) is 11.2 Å². The molecule has 0 N–H and O–H groups in total. The second kappa shape index (κ2) is 5.68. The van der Waals surface area contributed by atoms with Crippen LogP contribution in [0.15, 0.2) is 78.9 Å². The molecule has 1 heterocycles. The van der Waals surface area contributed by atoms with Gasteiger partial charge in [-0.1, -0.05) is 87.5 Å². The van der Waals surface area contributed by atoms with Crippen molar-refractivity contribution in [1.29, 1.82) is 0 Å². The van der Waals surface area contributed by atoms with Crippen molar-refractivity contribution in [2.75, 3.05) is 0 Å². The number of benzene rings is 4. The second-order valence-corrected chi connectivity index (χ2v) is 8.16. The lowest BCUT2D eigenvalue weighted by molar-refractivity contribution is 0.549. The Kier molecular flexibility index (Phi) is 3.38. The van der Waals surface area contributed by atoms with Crippen LogP contribution in [0.2, 0.25) is 0 Å². The van der Waals surface area contributed by atoms with Crippen molar-refractivity contribution in [2.24, 2.45) is 0 Å². The van der Waals surface area contributed by atoms with Gasteiger partial charge >= 0.3 is 0 Å². The van der Waals surface area contributed by atoms with Gasteiger partial charge in [0, 0.05) is 16.2 Å². The molecule has 27 heavy (non-hydrogen) atoms. The average Bonchev–Trinajstić information content (AvgIpc) is 3.10. The largest absolute Gasteiger partial charge is 0.236 e. The van der Waals surface area contributed by atoms with Gasteiger partial charge in [0.1, 0.15) is 5.52 Å². The fraction of sp³-hybridized carbons (Fsp3) is 0.160. The predicted octanol–water partition coefficient (Wildman–Crippen LogP) is 6.63. The van der Waals surface area contributed by atoms with Crippen molar-refractivity contribution in [3.05, 3.63) is 84.6 Å². The predicted molar refractivity (Wildman–Crippen MR) is 115 cm³/mol. The van der Waals surface area contributed by atoms with Crippen LogP contribution in [-0.2, 0) is 5.41 Å². The smallest absolute Gasteiger partial charge is 0.102 e. The topological polar surface area (TPSA) is 17.8 Å². The minimum Gasteiger partial charge on any atom is -0.236 e. The van der Waals surface area contributed by atoms with E-state index in [1.165, 1.54) is 32.6 Å². The number of hydrogen-bond acceptors (Lipinski definition) is 1. The third kappa shape index (κ3) is 2.37. The summed E-state index contributed by atoms with van der Waals surface area (Å²) in [6.45, 7) is 6.81. The van der Waals surface area contributed by atoms with E-state index in [1.54, 1.807) is 0 Å². The van der Waals surface area contributed by atoms with E-state index in [0.29, 0.717) is 0 Å². The van der Waals surface area contributed by atoms with Crippen molar-refractivity contribution in [3.8, 4) is 5.69 Å². The summed E-state index contributed by atoms with van der Waals surface area (Å²) in [4.78, 5) is 0. The Morgan fingerprint density at radius 1 is 0.630 bits per heavy atom. The number of aromatic nitrogens is 2. The molecule has 0 unspecified atom stereocenters. The normalized spacial score (nSPS) is 12.3. The molecule has 0 spiro atoms. The van der Waals surface area contributed by atoms with Gasteiger partial charge in [0.15, 0.2) is 0 Å². The zero-order chi connectivity index (χ0) is 18.6. The molecule has 2 nitrogen and oxygen atoms in total. The molecular formula is C25H22N2. The van der Waals surface area contributed by atoms with Crippen LogP contribution in [-0.4, -0.2) is 9.78 Å². The molecule has 0 saturated carbocycles. The molecule has 0 aliphatic rings. The molecule has 0 bridgehead atoms. The second-order valence-electron chi connectivity index (χ2n) is 8.16. The van der Waals surface area contributed by atoms with Crippen LogP contribution < -0.4 is 0 Å². The quantitative estimate of drug-likeness (QED) is 0.310. The molecule has 0 aliphatic carbocycles. The van der Waals surface area contributed by atoms with Crippen LogP contribution in [0.25, 0.3) is 38.1 Å². The average molecular weight is 350 g/mol. The first kappa shape index (κ1) is 16.1. The van der Waals surface area contributed by atoms with Crippen LogP contribution in [0.3, 0.4) is 0 Å². The van der Waals surface area contributed by atoms with E-state index in [1.807, 2.05) is 6.07 Å². The Labute approximate surface area is 159 Å². The lowest BCUT2D eigenvalue weighted by atomic mass is 9.86. The van der Waals surface area contributed by atoms with E-state index in [-0.39, 0.29) is 5.41 Å². The van der Waals surface area contributed by atoms with E-state index in [4.69, 9.17) is 5.10 Å². The summed E-state index contributed by atoms with van der Waals surface area (Å²) in [5, 5.41) is 11.5. The van der Waals surface area contributed by atoms with Crippen molar-refractivity contribution in [1.82, 2.24) is 9.78 Å². The fourth-order valence-corrected chi connectivity index (χ4v) is 4.17. The van der Waals surface area contributed by atoms with Crippen molar-refractivity contribution < 1.29 is 0 Å². The molecule has 0 fully saturated rings. The van der Waals surface area contributed by atoms with E-state index < -0.39 is 0 Å². The number of para-hydroxylation sites is 1. The lowest BCUT2D eigenvalue weighted by Gasteiger charge is -2.22. The van der Waals surface area contributed by atoms with Gasteiger partial charge in [-0.15, -0.1) is 0 Å². The summed E-state index contributed by atoms with van der Waals surface area (Å²) in [7, 11) is 0. The van der Waals surface area contributed by atoms with Crippen molar-refractivity contribution in [2.45, 2.75) is 26.2 Å². The van der Waals surface area contributed by atoms with E-state index >= 15 is 0 Å². The maximum Gasteiger partial charge on any atom is 0.102 e. The van der Waals surface area contributed by atoms with Gasteiger partial charge in [0.2, 0.25) is 0 Å². The van der Waals surface area contributed by atoms with Crippen LogP contribution in [0.4, 0.5) is 0 Å². The Bertz CT molecular complexity index is 1290. The zero-order valence-corrected chi connectivity index (χ0v) is 15.9. The minimum absolute atomic E-state index is 0.0458. The summed E-state index contributed by atoms with van der Waals surface area (Å²) >= 11 is 0. The third-order valence-corrected chi connectivity index (χ3v) is 5.27. The summed E-state index contributed by atoms with van der Waals surface area (Å²) in [6.07, 6.45) is 0. The monoisotopic (exact) mass is 350 g/mol. The number of hydrogen-bond donors (Lipinski definition) is 0. The molecule has 0 atom stereocenters. The van der Waals surface area contributed by atoms with Gasteiger partial charge in [0.05, 0.1) is 11.4 Å². The molecule has 5 rings (SSSR count). The molecule has 1 aromatic heterocycles. The summed E-state index contributed by atoms with van der Waals surface area (Å²) in [5.74, 6) is 0. The van der Waals surface area contributed by atoms with Gasteiger partial charge in [-0.2, -0.15) is 5.10 Å². The lowest BCUT2D eigenvalue weighted by Crippen LogP contribution is -2.17. The number of fused-ring (bicyclic) bond motifs is 6. The number of rotatable bonds is 1. The first-order valence-electron chi connectivity index (χ1n) is 9.44. The van der Waals surface area contributed by atoms with Gasteiger partial charge in [-0.25, -0.2) is 4.68 Å². The molecule has 4 aromatic carbocycles. The molecule has 0 aliphatic heterocycles. The highest BCUT2D eigenvalue weighted by Crippen LogP contribution is 2.40. The zero-order valence-electron chi connectivity index (χ0n) is 15.9. The van der Waals surface area contributed by atoms with Gasteiger partial charge in [0.25, 0.3) is 0 Å². The van der Waals surface area contributed by atoms with Crippen LogP contribution in [0.5, 0.6) is 0 Å². The number of nitrogens with zero attached hydrogens (tertiary/aromatic N) is 2. The molecule has 0 radical (unpaired) electrons. The maximum absolute atomic E-state index is 5.14. The van der Waals surface area contributed by atoms with Crippen LogP contribution in [0, 0.1) is 0 Å². The summed E-state index contributed by atoms with van der Waals surface area (Å²) < 4.78 is 2.14. The maximum atomic E-state index is 5.14. The SMILES string of the molecule is CC(C)(C)c1c2c3ccccc3c3ccccc3c2nn1-c1ccccc1. The Hall–Kier alpha value is -3.13. The first-order valence-corrected chi connectivity index (χ1v) is 9.44. The Morgan fingerprint density at radius 2 is 1.15 bits per heavy atom. The van der Waals surface area contributed by atoms with Crippen molar-refractivity contribution >= 4 is 32.4 Å². The standard InChI is InChI=1S/C25H22N2/c1-25(2,3)24-22-20-15-9-7-13-18(20)19-14-8-10-16-21(19)23(22)26-27(24)17-11-5-4-6-12-17/h4-16H,1-3H3. The van der Waals surface area contributed by atoms with Gasteiger partial charge in [-0.05, 0) is 28.3 Å². The molecule has 5 aromatic rings. The summed E-state index contributed by atoms with van der Waals surface area (Å²) in [6, 6.07) is 27.8. The highest BCUT2D eigenvalue weighted by atomic mass is 15.3. The highest BCUT2D eigenvalue weighted by molar-refractivity contribution is 6.25. The van der Waals surface area contributed by atoms with Gasteiger partial charge < -0.3 is 0 Å². The highest BCUT2D eigenvalue weighted by Gasteiger charge is 2.27. The first-order chi connectivity index (χ1) is 13.1. The van der Waals surface area contributed by atoms with Gasteiger partial charge in [-0.3, -0.25) is 0 Å². The van der Waals surface area contributed by atoms with E-state index in [2.05, 4.69) is 98.2 Å². The molecule has 0 saturated heterocycles. The van der Waals surface area contributed by atoms with E-state index in [9.17, 15) is 0 Å². The Balaban J connectivity index is 2.08. The summed E-state index contributed by atoms with van der Waals surface area (Å²) in [5.41, 5.74) is 3.39.